The van der Waals surface area contributed by atoms with Crippen molar-refractivity contribution in [1.82, 2.24) is 10.2 Å². The molecule has 1 atom stereocenters. The van der Waals surface area contributed by atoms with E-state index >= 15 is 0 Å². The summed E-state index contributed by atoms with van der Waals surface area (Å²) in [6, 6.07) is 7.63. The van der Waals surface area contributed by atoms with Crippen LogP contribution in [0.5, 0.6) is 0 Å². The Balaban J connectivity index is 1.62. The van der Waals surface area contributed by atoms with E-state index in [0.717, 1.165) is 22.7 Å². The molecule has 0 aliphatic rings. The molecule has 0 saturated carbocycles. The van der Waals surface area contributed by atoms with E-state index in [1.165, 1.54) is 11.3 Å². The van der Waals surface area contributed by atoms with Gasteiger partial charge in [0.1, 0.15) is 11.1 Å². The van der Waals surface area contributed by atoms with Crippen molar-refractivity contribution in [3.8, 4) is 16.8 Å². The average Bonchev–Trinajstić information content (AvgIpc) is 3.36. The molecule has 2 N–H and O–H groups in total. The zero-order valence-electron chi connectivity index (χ0n) is 14.2. The number of nitrogens with zero attached hydrogens (tertiary/aromatic N) is 3. The summed E-state index contributed by atoms with van der Waals surface area (Å²) < 4.78 is 5.72. The van der Waals surface area contributed by atoms with Crippen LogP contribution in [-0.2, 0) is 11.3 Å². The first kappa shape index (κ1) is 18.3. The number of hydrogen-bond acceptors (Lipinski definition) is 7. The lowest BCUT2D eigenvalue weighted by molar-refractivity contribution is -0.907. The van der Waals surface area contributed by atoms with Crippen molar-refractivity contribution in [1.29, 1.82) is 5.26 Å². The molecule has 0 fully saturated rings. The lowest BCUT2D eigenvalue weighted by atomic mass is 10.3. The van der Waals surface area contributed by atoms with Crippen LogP contribution in [0.2, 0.25) is 0 Å². The second kappa shape index (κ2) is 8.71. The molecule has 3 aromatic rings. The number of amides is 1. The minimum absolute atomic E-state index is 0.134. The average molecular weight is 388 g/mol. The van der Waals surface area contributed by atoms with Crippen molar-refractivity contribution in [3.63, 3.8) is 0 Å². The molecule has 3 rings (SSSR count). The van der Waals surface area contributed by atoms with Crippen LogP contribution in [0.25, 0.3) is 10.8 Å². The number of thiophene rings is 2. The Bertz CT molecular complexity index is 895. The fourth-order valence-corrected chi connectivity index (χ4v) is 3.92. The minimum Gasteiger partial charge on any atom is -0.414 e. The third-order valence-corrected chi connectivity index (χ3v) is 5.34. The molecule has 0 aliphatic carbocycles. The quantitative estimate of drug-likeness (QED) is 0.616. The number of carbonyl (C=O) groups excluding carboxylic acids is 1. The first-order chi connectivity index (χ1) is 12.7. The Morgan fingerprint density at radius 1 is 1.35 bits per heavy atom. The molecule has 3 aromatic heterocycles. The number of rotatable bonds is 8. The normalized spacial score (nSPS) is 11.8. The van der Waals surface area contributed by atoms with Crippen LogP contribution in [0.3, 0.4) is 0 Å². The van der Waals surface area contributed by atoms with Gasteiger partial charge in [0.05, 0.1) is 17.0 Å². The molecule has 0 aromatic carbocycles. The van der Waals surface area contributed by atoms with E-state index < -0.39 is 0 Å². The number of hydrogen-bond donors (Lipinski definition) is 2. The fraction of sp³-hybridized carbons (Fsp3) is 0.294. The van der Waals surface area contributed by atoms with Crippen LogP contribution < -0.4 is 10.2 Å². The third-order valence-electron chi connectivity index (χ3n) is 3.65. The summed E-state index contributed by atoms with van der Waals surface area (Å²) >= 11 is 2.89. The lowest BCUT2D eigenvalue weighted by Gasteiger charge is -2.16. The van der Waals surface area contributed by atoms with E-state index in [1.54, 1.807) is 22.8 Å². The zero-order valence-corrected chi connectivity index (χ0v) is 15.8. The molecule has 1 amide bonds. The van der Waals surface area contributed by atoms with Crippen molar-refractivity contribution < 1.29 is 14.1 Å². The lowest BCUT2D eigenvalue weighted by Crippen LogP contribution is -3.11. The van der Waals surface area contributed by atoms with Crippen molar-refractivity contribution in [2.24, 2.45) is 0 Å². The summed E-state index contributed by atoms with van der Waals surface area (Å²) in [5.74, 6) is 0.886. The summed E-state index contributed by atoms with van der Waals surface area (Å²) in [4.78, 5) is 14.3. The van der Waals surface area contributed by atoms with E-state index in [2.05, 4.69) is 28.5 Å². The second-order valence-corrected chi connectivity index (χ2v) is 7.52. The molecule has 0 saturated heterocycles. The number of aromatic nitrogens is 2. The van der Waals surface area contributed by atoms with E-state index in [-0.39, 0.29) is 12.5 Å². The summed E-state index contributed by atoms with van der Waals surface area (Å²) in [5, 5.41) is 24.4. The van der Waals surface area contributed by atoms with E-state index in [9.17, 15) is 4.79 Å². The van der Waals surface area contributed by atoms with Crippen molar-refractivity contribution in [3.05, 3.63) is 40.4 Å². The molecule has 0 aliphatic heterocycles. The maximum Gasteiger partial charge on any atom is 0.280 e. The third kappa shape index (κ3) is 4.54. The maximum absolute atomic E-state index is 12.3. The van der Waals surface area contributed by atoms with Crippen LogP contribution >= 0.6 is 22.7 Å². The molecule has 26 heavy (non-hydrogen) atoms. The Morgan fingerprint density at radius 3 is 2.96 bits per heavy atom. The van der Waals surface area contributed by atoms with Crippen LogP contribution in [0.4, 0.5) is 5.00 Å². The van der Waals surface area contributed by atoms with Crippen LogP contribution in [0, 0.1) is 11.3 Å². The Labute approximate surface area is 158 Å². The second-order valence-electron chi connectivity index (χ2n) is 5.66. The first-order valence-electron chi connectivity index (χ1n) is 8.17. The van der Waals surface area contributed by atoms with Gasteiger partial charge in [-0.1, -0.05) is 13.0 Å². The molecule has 1 unspecified atom stereocenters. The van der Waals surface area contributed by atoms with Gasteiger partial charge in [0, 0.05) is 0 Å². The van der Waals surface area contributed by atoms with E-state index in [1.807, 2.05) is 17.5 Å². The Morgan fingerprint density at radius 2 is 2.23 bits per heavy atom. The van der Waals surface area contributed by atoms with Gasteiger partial charge in [-0.05, 0) is 29.3 Å². The van der Waals surface area contributed by atoms with Gasteiger partial charge in [-0.3, -0.25) is 4.79 Å². The maximum atomic E-state index is 12.3. The van der Waals surface area contributed by atoms with Gasteiger partial charge < -0.3 is 14.6 Å². The predicted octanol–water partition coefficient (Wildman–Crippen LogP) is 2.16. The number of nitrogens with one attached hydrogen (secondary N) is 2. The van der Waals surface area contributed by atoms with Crippen molar-refractivity contribution in [2.75, 3.05) is 18.4 Å². The van der Waals surface area contributed by atoms with Crippen molar-refractivity contribution >= 4 is 33.6 Å². The summed E-state index contributed by atoms with van der Waals surface area (Å²) in [6.45, 7) is 3.62. The summed E-state index contributed by atoms with van der Waals surface area (Å²) in [6.07, 6.45) is 0.928. The highest BCUT2D eigenvalue weighted by Crippen LogP contribution is 2.23. The molecule has 7 nitrogen and oxygen atoms in total. The van der Waals surface area contributed by atoms with Crippen LogP contribution in [0.1, 0.15) is 24.8 Å². The highest BCUT2D eigenvalue weighted by Gasteiger charge is 2.19. The van der Waals surface area contributed by atoms with Gasteiger partial charge in [0.25, 0.3) is 17.7 Å². The fourth-order valence-electron chi connectivity index (χ4n) is 2.52. The molecular weight excluding hydrogens is 370 g/mol. The van der Waals surface area contributed by atoms with Gasteiger partial charge in [-0.2, -0.15) is 5.26 Å². The minimum atomic E-state index is -0.134. The number of nitriles is 1. The predicted molar refractivity (Wildman–Crippen MR) is 100.0 cm³/mol. The largest absolute Gasteiger partial charge is 0.414 e. The van der Waals surface area contributed by atoms with Crippen LogP contribution in [-0.4, -0.2) is 29.2 Å². The van der Waals surface area contributed by atoms with E-state index in [0.29, 0.717) is 28.9 Å². The number of carbonyl (C=O) groups is 1. The highest BCUT2D eigenvalue weighted by molar-refractivity contribution is 7.14. The number of quaternary nitrogens is 1. The first-order valence-corrected chi connectivity index (χ1v) is 9.92. The van der Waals surface area contributed by atoms with Gasteiger partial charge in [0.2, 0.25) is 0 Å². The van der Waals surface area contributed by atoms with Crippen LogP contribution in [0.15, 0.2) is 33.4 Å². The smallest absolute Gasteiger partial charge is 0.280 e. The molecule has 0 spiro atoms. The molecule has 0 radical (unpaired) electrons. The molecule has 9 heteroatoms. The van der Waals surface area contributed by atoms with Gasteiger partial charge in [-0.25, -0.2) is 0 Å². The monoisotopic (exact) mass is 388 g/mol. The zero-order chi connectivity index (χ0) is 18.4. The highest BCUT2D eigenvalue weighted by atomic mass is 32.1. The van der Waals surface area contributed by atoms with Gasteiger partial charge in [-0.15, -0.1) is 32.9 Å². The van der Waals surface area contributed by atoms with Gasteiger partial charge in [0.15, 0.2) is 13.1 Å². The molecule has 0 bridgehead atoms. The Kier molecular flexibility index (Phi) is 6.12. The standard InChI is InChI=1S/C17H17N5O2S2/c1-2-6-22(10-14(23)19-17-12(9-18)5-8-26-17)11-15-20-21-16(24-15)13-4-3-7-25-13/h3-5,7-8H,2,6,10-11H2,1H3,(H,19,23)/p+1. The van der Waals surface area contributed by atoms with E-state index in [4.69, 9.17) is 9.68 Å². The summed E-state index contributed by atoms with van der Waals surface area (Å²) in [7, 11) is 0. The molecule has 134 valence electrons. The number of anilines is 1. The molecule has 3 heterocycles. The van der Waals surface area contributed by atoms with Crippen molar-refractivity contribution in [2.45, 2.75) is 19.9 Å². The summed E-state index contributed by atoms with van der Waals surface area (Å²) in [5.41, 5.74) is 0.484. The molecular formula is C17H18N5O2S2+. The topological polar surface area (TPSA) is 96.2 Å². The SMILES string of the molecule is CCC[NH+](CC(=O)Nc1sccc1C#N)Cc1nnc(-c2cccs2)o1. The van der Waals surface area contributed by atoms with Gasteiger partial charge >= 0.3 is 0 Å². The Hall–Kier alpha value is -2.54.